The van der Waals surface area contributed by atoms with Crippen molar-refractivity contribution in [2.45, 2.75) is 116 Å². The molecule has 8 nitrogen and oxygen atoms in total. The molecule has 3 aromatic rings. The number of ether oxygens (including phenoxy) is 6. The van der Waals surface area contributed by atoms with Gasteiger partial charge in [-0.1, -0.05) is 77.6 Å². The summed E-state index contributed by atoms with van der Waals surface area (Å²) < 4.78 is 40.3. The number of benzene rings is 2. The van der Waals surface area contributed by atoms with E-state index in [2.05, 4.69) is 64.1 Å². The molecule has 0 saturated carbocycles. The van der Waals surface area contributed by atoms with Gasteiger partial charge in [-0.2, -0.15) is 0 Å². The number of fused-ring (bicyclic) bond motifs is 1. The van der Waals surface area contributed by atoms with Gasteiger partial charge in [0.2, 0.25) is 0 Å². The molecule has 0 unspecified atom stereocenters. The number of aliphatic carboxylic acids is 1. The third kappa shape index (κ3) is 11.3. The zero-order valence-electron chi connectivity index (χ0n) is 29.3. The summed E-state index contributed by atoms with van der Waals surface area (Å²) in [6, 6.07) is 16.6. The van der Waals surface area contributed by atoms with Gasteiger partial charge in [0.15, 0.2) is 6.61 Å². The fraction of sp³-hybridized carbons (Fsp3) is 0.615. The molecule has 4 rings (SSSR count). The van der Waals surface area contributed by atoms with E-state index in [0.717, 1.165) is 68.9 Å². The fourth-order valence-corrected chi connectivity index (χ4v) is 7.03. The Morgan fingerprint density at radius 3 is 2.10 bits per heavy atom. The van der Waals surface area contributed by atoms with Crippen LogP contribution in [0.15, 0.2) is 48.5 Å². The van der Waals surface area contributed by atoms with Crippen molar-refractivity contribution in [3.63, 3.8) is 0 Å². The van der Waals surface area contributed by atoms with Crippen LogP contribution < -0.4 is 4.74 Å². The van der Waals surface area contributed by atoms with Crippen LogP contribution in [0.4, 0.5) is 0 Å². The summed E-state index contributed by atoms with van der Waals surface area (Å²) in [5.74, 6) is -0.571. The highest BCUT2D eigenvalue weighted by Crippen LogP contribution is 2.42. The highest BCUT2D eigenvalue weighted by Gasteiger charge is 2.49. The van der Waals surface area contributed by atoms with Gasteiger partial charge in [0.1, 0.15) is 36.3 Å². The number of unbranched alkanes of at least 4 members (excludes halogenated alkanes) is 4. The quantitative estimate of drug-likeness (QED) is 0.0992. The van der Waals surface area contributed by atoms with Crippen LogP contribution in [0.1, 0.15) is 101 Å². The van der Waals surface area contributed by atoms with Gasteiger partial charge in [-0.25, -0.2) is 4.79 Å². The minimum atomic E-state index is -1.04. The molecule has 9 heteroatoms. The fourth-order valence-electron chi connectivity index (χ4n) is 5.94. The Balaban J connectivity index is 1.76. The number of hydrogen-bond donors (Lipinski definition) is 1. The summed E-state index contributed by atoms with van der Waals surface area (Å²) in [5.41, 5.74) is 1.83. The molecule has 0 bridgehead atoms. The van der Waals surface area contributed by atoms with Crippen molar-refractivity contribution >= 4 is 27.4 Å². The largest absolute Gasteiger partial charge is 0.482 e. The Hall–Kier alpha value is -2.53. The first-order valence-corrected chi connectivity index (χ1v) is 18.8. The summed E-state index contributed by atoms with van der Waals surface area (Å²) in [6.07, 6.45) is 6.17. The molecular weight excluding hydrogens is 628 g/mol. The lowest BCUT2D eigenvalue weighted by molar-refractivity contribution is -0.268. The van der Waals surface area contributed by atoms with Crippen molar-refractivity contribution in [3.8, 4) is 5.75 Å². The first-order chi connectivity index (χ1) is 23.5. The van der Waals surface area contributed by atoms with Crippen LogP contribution >= 0.6 is 11.3 Å². The molecule has 2 heterocycles. The maximum Gasteiger partial charge on any atom is 0.341 e. The Bertz CT molecular complexity index is 1330. The Labute approximate surface area is 291 Å². The molecule has 0 aliphatic carbocycles. The SMILES string of the molecule is CCCCOC[C@H]1O[C@@H](c2cc(Cc3cc4ccccc4s3)ccc2OCC(=O)O)[C@H](OCCCC)[C@@H](OCCCC)[C@@H]1OCCCC. The second-order valence-electron chi connectivity index (χ2n) is 12.6. The zero-order chi connectivity index (χ0) is 34.1. The molecule has 1 N–H and O–H groups in total. The lowest BCUT2D eigenvalue weighted by Gasteiger charge is -2.46. The van der Waals surface area contributed by atoms with Crippen molar-refractivity contribution in [1.82, 2.24) is 0 Å². The molecule has 0 radical (unpaired) electrons. The average molecular weight is 685 g/mol. The summed E-state index contributed by atoms with van der Waals surface area (Å²) in [7, 11) is 0. The van der Waals surface area contributed by atoms with Gasteiger partial charge in [-0.15, -0.1) is 11.3 Å². The monoisotopic (exact) mass is 684 g/mol. The highest BCUT2D eigenvalue weighted by molar-refractivity contribution is 7.19. The van der Waals surface area contributed by atoms with Crippen molar-refractivity contribution in [2.24, 2.45) is 0 Å². The molecular formula is C39H56O8S. The number of hydrogen-bond acceptors (Lipinski definition) is 8. The number of rotatable bonds is 23. The summed E-state index contributed by atoms with van der Waals surface area (Å²) in [6.45, 7) is 10.8. The molecule has 48 heavy (non-hydrogen) atoms. The Morgan fingerprint density at radius 1 is 0.792 bits per heavy atom. The van der Waals surface area contributed by atoms with Crippen LogP contribution in [0.2, 0.25) is 0 Å². The molecule has 266 valence electrons. The lowest BCUT2D eigenvalue weighted by Crippen LogP contribution is -2.58. The second-order valence-corrected chi connectivity index (χ2v) is 13.7. The average Bonchev–Trinajstić information content (AvgIpc) is 3.50. The van der Waals surface area contributed by atoms with E-state index in [9.17, 15) is 9.90 Å². The summed E-state index contributed by atoms with van der Waals surface area (Å²) >= 11 is 1.78. The van der Waals surface area contributed by atoms with Crippen molar-refractivity contribution in [3.05, 3.63) is 64.5 Å². The topological polar surface area (TPSA) is 92.7 Å². The van der Waals surface area contributed by atoms with Crippen molar-refractivity contribution < 1.29 is 38.3 Å². The van der Waals surface area contributed by atoms with E-state index in [1.165, 1.54) is 15.0 Å². The molecule has 0 spiro atoms. The first kappa shape index (κ1) is 38.3. The van der Waals surface area contributed by atoms with Crippen LogP contribution in [-0.2, 0) is 34.9 Å². The molecule has 5 atom stereocenters. The van der Waals surface area contributed by atoms with Crippen molar-refractivity contribution in [1.29, 1.82) is 0 Å². The van der Waals surface area contributed by atoms with E-state index in [4.69, 9.17) is 28.4 Å². The van der Waals surface area contributed by atoms with Crippen LogP contribution in [0.5, 0.6) is 5.75 Å². The van der Waals surface area contributed by atoms with E-state index in [1.54, 1.807) is 11.3 Å². The standard InChI is InChI=1S/C39H56O8S/c1-5-9-19-42-26-33-37(43-20-10-6-2)39(45-22-12-8-4)38(44-21-11-7-3)36(47-33)31-24-28(17-18-32(31)46-27-35(40)41)23-30-25-29-15-13-14-16-34(29)48-30/h13-18,24-25,33,36-39H,5-12,19-23,26-27H2,1-4H3,(H,40,41)/t33-,36+,37-,38+,39+/m1/s1. The van der Waals surface area contributed by atoms with Gasteiger partial charge in [0.05, 0.1) is 6.61 Å². The van der Waals surface area contributed by atoms with Crippen LogP contribution in [0.3, 0.4) is 0 Å². The van der Waals surface area contributed by atoms with Crippen LogP contribution in [0, 0.1) is 0 Å². The van der Waals surface area contributed by atoms with E-state index < -0.39 is 37.0 Å². The van der Waals surface area contributed by atoms with E-state index in [-0.39, 0.29) is 6.10 Å². The summed E-state index contributed by atoms with van der Waals surface area (Å²) in [5, 5.41) is 10.8. The number of carboxylic acids is 1. The smallest absolute Gasteiger partial charge is 0.341 e. The number of carboxylic acid groups (broad SMARTS) is 1. The molecule has 0 amide bonds. The Morgan fingerprint density at radius 2 is 1.44 bits per heavy atom. The van der Waals surface area contributed by atoms with E-state index >= 15 is 0 Å². The van der Waals surface area contributed by atoms with Gasteiger partial charge in [0.25, 0.3) is 0 Å². The van der Waals surface area contributed by atoms with Gasteiger partial charge in [-0.05, 0) is 60.9 Å². The molecule has 1 fully saturated rings. The third-order valence-corrected chi connectivity index (χ3v) is 9.69. The maximum absolute atomic E-state index is 11.7. The normalized spacial score (nSPS) is 21.1. The predicted molar refractivity (Wildman–Crippen MR) is 191 cm³/mol. The predicted octanol–water partition coefficient (Wildman–Crippen LogP) is 8.77. The number of thiophene rings is 1. The van der Waals surface area contributed by atoms with E-state index in [1.807, 2.05) is 12.1 Å². The lowest BCUT2D eigenvalue weighted by atomic mass is 9.89. The number of carbonyl (C=O) groups is 1. The molecule has 2 aromatic carbocycles. The van der Waals surface area contributed by atoms with Crippen molar-refractivity contribution in [2.75, 3.05) is 39.6 Å². The first-order valence-electron chi connectivity index (χ1n) is 18.0. The van der Waals surface area contributed by atoms with Crippen LogP contribution in [-0.4, -0.2) is 75.1 Å². The minimum absolute atomic E-state index is 0.357. The molecule has 1 aliphatic rings. The van der Waals surface area contributed by atoms with Gasteiger partial charge in [-0.3, -0.25) is 0 Å². The van der Waals surface area contributed by atoms with E-state index in [0.29, 0.717) is 38.8 Å². The molecule has 1 aliphatic heterocycles. The zero-order valence-corrected chi connectivity index (χ0v) is 30.1. The Kier molecular flexibility index (Phi) is 16.6. The maximum atomic E-state index is 11.7. The van der Waals surface area contributed by atoms with Gasteiger partial charge >= 0.3 is 5.97 Å². The minimum Gasteiger partial charge on any atom is -0.482 e. The second kappa shape index (κ2) is 20.9. The molecule has 1 saturated heterocycles. The highest BCUT2D eigenvalue weighted by atomic mass is 32.1. The van der Waals surface area contributed by atoms with Crippen LogP contribution in [0.25, 0.3) is 10.1 Å². The molecule has 1 aromatic heterocycles. The van der Waals surface area contributed by atoms with Gasteiger partial charge < -0.3 is 33.5 Å². The third-order valence-electron chi connectivity index (χ3n) is 8.57. The summed E-state index contributed by atoms with van der Waals surface area (Å²) in [4.78, 5) is 12.9. The van der Waals surface area contributed by atoms with Gasteiger partial charge in [0, 0.05) is 48.0 Å².